The van der Waals surface area contributed by atoms with Gasteiger partial charge in [0.2, 0.25) is 5.60 Å². The molecule has 31 heavy (non-hydrogen) atoms. The molecule has 0 aromatic heterocycles. The van der Waals surface area contributed by atoms with Gasteiger partial charge in [0, 0.05) is 5.69 Å². The molecule has 3 N–H and O–H groups in total. The second-order valence-corrected chi connectivity index (χ2v) is 9.74. The Bertz CT molecular complexity index is 1020. The molecule has 2 aromatic rings. The van der Waals surface area contributed by atoms with Gasteiger partial charge in [-0.25, -0.2) is 13.2 Å². The molecule has 3 rings (SSSR count). The van der Waals surface area contributed by atoms with Gasteiger partial charge in [0.15, 0.2) is 9.84 Å². The van der Waals surface area contributed by atoms with Gasteiger partial charge in [-0.2, -0.15) is 13.2 Å². The van der Waals surface area contributed by atoms with E-state index in [-0.39, 0.29) is 10.6 Å². The van der Waals surface area contributed by atoms with Crippen LogP contribution < -0.4 is 10.6 Å². The van der Waals surface area contributed by atoms with Crippen molar-refractivity contribution in [1.82, 2.24) is 5.32 Å². The predicted molar refractivity (Wildman–Crippen MR) is 109 cm³/mol. The average Bonchev–Trinajstić information content (AvgIpc) is 3.28. The Balaban J connectivity index is 1.71. The Hall–Kier alpha value is -2.59. The summed E-state index contributed by atoms with van der Waals surface area (Å²) in [7, 11) is -3.55. The number of carbonyl (C=O) groups excluding carboxylic acids is 1. The summed E-state index contributed by atoms with van der Waals surface area (Å²) in [5.41, 5.74) is -3.57. The van der Waals surface area contributed by atoms with Crippen LogP contribution in [0.4, 0.5) is 23.7 Å². The molecule has 1 aliphatic rings. The van der Waals surface area contributed by atoms with Crippen molar-refractivity contribution in [3.05, 3.63) is 60.2 Å². The molecule has 1 fully saturated rings. The number of nitrogens with one attached hydrogen (secondary N) is 2. The third kappa shape index (κ3) is 5.01. The van der Waals surface area contributed by atoms with E-state index in [4.69, 9.17) is 0 Å². The van der Waals surface area contributed by atoms with E-state index in [9.17, 15) is 31.5 Å². The highest BCUT2D eigenvalue weighted by Gasteiger charge is 2.55. The second kappa shape index (κ2) is 8.88. The molecule has 1 saturated carbocycles. The number of hydrogen-bond acceptors (Lipinski definition) is 4. The number of hydrogen-bond donors (Lipinski definition) is 3. The molecule has 0 spiro atoms. The molecule has 0 radical (unpaired) electrons. The summed E-state index contributed by atoms with van der Waals surface area (Å²) in [6, 6.07) is 11.0. The Morgan fingerprint density at radius 3 is 2.29 bits per heavy atom. The average molecular weight is 456 g/mol. The van der Waals surface area contributed by atoms with Crippen LogP contribution in [0.5, 0.6) is 0 Å². The fourth-order valence-electron chi connectivity index (χ4n) is 3.61. The number of rotatable bonds is 6. The van der Waals surface area contributed by atoms with Gasteiger partial charge in [0.1, 0.15) is 0 Å². The topological polar surface area (TPSA) is 95.5 Å². The highest BCUT2D eigenvalue weighted by atomic mass is 32.2. The second-order valence-electron chi connectivity index (χ2n) is 7.51. The van der Waals surface area contributed by atoms with E-state index in [0.29, 0.717) is 12.8 Å². The van der Waals surface area contributed by atoms with Crippen LogP contribution in [0.25, 0.3) is 0 Å². The third-order valence-corrected chi connectivity index (χ3v) is 7.65. The zero-order chi connectivity index (χ0) is 22.7. The highest BCUT2D eigenvalue weighted by Crippen LogP contribution is 2.38. The molecule has 10 heteroatoms. The number of amides is 2. The van der Waals surface area contributed by atoms with Gasteiger partial charge >= 0.3 is 12.2 Å². The smallest absolute Gasteiger partial charge is 0.375 e. The molecule has 168 valence electrons. The maximum Gasteiger partial charge on any atom is 0.423 e. The summed E-state index contributed by atoms with van der Waals surface area (Å²) in [5, 5.41) is 14.1. The molecule has 2 aromatic carbocycles. The number of halogens is 3. The van der Waals surface area contributed by atoms with Crippen LogP contribution >= 0.6 is 0 Å². The number of anilines is 1. The number of aliphatic hydroxyl groups is 1. The summed E-state index contributed by atoms with van der Waals surface area (Å²) >= 11 is 0. The van der Waals surface area contributed by atoms with E-state index in [1.165, 1.54) is 42.5 Å². The van der Waals surface area contributed by atoms with E-state index in [1.54, 1.807) is 0 Å². The van der Waals surface area contributed by atoms with Crippen LogP contribution in [0.3, 0.4) is 0 Å². The Kier molecular flexibility index (Phi) is 6.61. The van der Waals surface area contributed by atoms with Gasteiger partial charge < -0.3 is 15.7 Å². The molecule has 1 aliphatic carbocycles. The minimum Gasteiger partial charge on any atom is -0.375 e. The van der Waals surface area contributed by atoms with Crippen molar-refractivity contribution in [2.24, 2.45) is 0 Å². The van der Waals surface area contributed by atoms with Crippen molar-refractivity contribution in [3.8, 4) is 0 Å². The molecule has 0 heterocycles. The lowest BCUT2D eigenvalue weighted by atomic mass is 9.93. The first-order valence-electron chi connectivity index (χ1n) is 9.77. The molecule has 0 unspecified atom stereocenters. The number of carbonyl (C=O) groups is 1. The number of benzene rings is 2. The molecule has 0 saturated heterocycles. The number of alkyl halides is 3. The molecule has 1 atom stereocenters. The van der Waals surface area contributed by atoms with Gasteiger partial charge in [-0.15, -0.1) is 0 Å². The lowest BCUT2D eigenvalue weighted by Gasteiger charge is -2.31. The van der Waals surface area contributed by atoms with Crippen LogP contribution in [0, 0.1) is 0 Å². The standard InChI is InChI=1S/C21H23F3N2O4S/c22-21(23,24)20(28,15-7-2-1-3-8-15)14-25-19(27)26-16-9-6-12-18(13-16)31(29,30)17-10-4-5-11-17/h1-3,6-9,12-13,17,28H,4-5,10-11,14H2,(H2,25,26,27)/t20-/m1/s1. The Morgan fingerprint density at radius 1 is 1.03 bits per heavy atom. The van der Waals surface area contributed by atoms with Gasteiger partial charge in [0.05, 0.1) is 16.7 Å². The largest absolute Gasteiger partial charge is 0.423 e. The minimum absolute atomic E-state index is 0.0493. The van der Waals surface area contributed by atoms with Gasteiger partial charge in [-0.1, -0.05) is 49.2 Å². The zero-order valence-corrected chi connectivity index (χ0v) is 17.3. The van der Waals surface area contributed by atoms with Gasteiger partial charge in [-0.05, 0) is 36.6 Å². The van der Waals surface area contributed by atoms with Crippen molar-refractivity contribution < 1.29 is 31.5 Å². The minimum atomic E-state index is -5.03. The zero-order valence-electron chi connectivity index (χ0n) is 16.5. The molecular weight excluding hydrogens is 433 g/mol. The molecule has 0 aliphatic heterocycles. The van der Waals surface area contributed by atoms with Crippen LogP contribution in [0.2, 0.25) is 0 Å². The summed E-state index contributed by atoms with van der Waals surface area (Å²) in [4.78, 5) is 12.2. The molecule has 0 bridgehead atoms. The lowest BCUT2D eigenvalue weighted by molar-refractivity contribution is -0.263. The van der Waals surface area contributed by atoms with Crippen LogP contribution in [-0.2, 0) is 15.4 Å². The molecule has 2 amide bonds. The maximum absolute atomic E-state index is 13.5. The monoisotopic (exact) mass is 456 g/mol. The summed E-state index contributed by atoms with van der Waals surface area (Å²) in [6.45, 7) is -1.12. The highest BCUT2D eigenvalue weighted by molar-refractivity contribution is 7.92. The Morgan fingerprint density at radius 2 is 1.68 bits per heavy atom. The van der Waals surface area contributed by atoms with E-state index in [0.717, 1.165) is 25.0 Å². The first kappa shape index (κ1) is 23.1. The molecular formula is C21H23F3N2O4S. The van der Waals surface area contributed by atoms with Crippen LogP contribution in [0.15, 0.2) is 59.5 Å². The Labute approximate surface area is 178 Å². The number of sulfone groups is 1. The van der Waals surface area contributed by atoms with E-state index >= 15 is 0 Å². The van der Waals surface area contributed by atoms with Crippen molar-refractivity contribution in [2.45, 2.75) is 47.6 Å². The van der Waals surface area contributed by atoms with Crippen molar-refractivity contribution in [3.63, 3.8) is 0 Å². The SMILES string of the molecule is O=C(NC[C@@](O)(c1ccccc1)C(F)(F)F)Nc1cccc(S(=O)(=O)C2CCCC2)c1. The van der Waals surface area contributed by atoms with Gasteiger partial charge in [-0.3, -0.25) is 0 Å². The van der Waals surface area contributed by atoms with Gasteiger partial charge in [0.25, 0.3) is 0 Å². The first-order valence-corrected chi connectivity index (χ1v) is 11.3. The fourth-order valence-corrected chi connectivity index (χ4v) is 5.50. The fraction of sp³-hybridized carbons (Fsp3) is 0.381. The van der Waals surface area contributed by atoms with Crippen molar-refractivity contribution >= 4 is 21.6 Å². The first-order chi connectivity index (χ1) is 14.5. The predicted octanol–water partition coefficient (Wildman–Crippen LogP) is 3.97. The lowest BCUT2D eigenvalue weighted by Crippen LogP contribution is -2.51. The number of urea groups is 1. The van der Waals surface area contributed by atoms with Crippen LogP contribution in [-0.4, -0.2) is 37.5 Å². The van der Waals surface area contributed by atoms with E-state index in [2.05, 4.69) is 5.32 Å². The van der Waals surface area contributed by atoms with Crippen LogP contribution in [0.1, 0.15) is 31.2 Å². The molecule has 6 nitrogen and oxygen atoms in total. The van der Waals surface area contributed by atoms with E-state index < -0.39 is 45.0 Å². The van der Waals surface area contributed by atoms with Crippen molar-refractivity contribution in [1.29, 1.82) is 0 Å². The quantitative estimate of drug-likeness (QED) is 0.613. The van der Waals surface area contributed by atoms with E-state index in [1.807, 2.05) is 5.32 Å². The van der Waals surface area contributed by atoms with Crippen molar-refractivity contribution in [2.75, 3.05) is 11.9 Å². The third-order valence-electron chi connectivity index (χ3n) is 5.39. The summed E-state index contributed by atoms with van der Waals surface area (Å²) in [5.74, 6) is 0. The normalized spacial score (nSPS) is 17.2. The summed E-state index contributed by atoms with van der Waals surface area (Å²) < 4.78 is 66.0. The summed E-state index contributed by atoms with van der Waals surface area (Å²) in [6.07, 6.45) is -2.19. The maximum atomic E-state index is 13.5.